The third-order valence-electron chi connectivity index (χ3n) is 4.47. The zero-order chi connectivity index (χ0) is 12.1. The summed E-state index contributed by atoms with van der Waals surface area (Å²) in [5.74, 6) is 0.750. The summed E-state index contributed by atoms with van der Waals surface area (Å²) >= 11 is 0. The van der Waals surface area contributed by atoms with Gasteiger partial charge in [0, 0.05) is 0 Å². The van der Waals surface area contributed by atoms with Crippen molar-refractivity contribution in [3.8, 4) is 0 Å². The topological polar surface area (TPSA) is 0 Å². The van der Waals surface area contributed by atoms with E-state index in [2.05, 4.69) is 54.2 Å². The van der Waals surface area contributed by atoms with Crippen LogP contribution in [0.15, 0.2) is 12.7 Å². The Bertz CT molecular complexity index is 182. The van der Waals surface area contributed by atoms with E-state index in [9.17, 15) is 0 Å². The molecule has 0 saturated heterocycles. The summed E-state index contributed by atoms with van der Waals surface area (Å²) in [5.41, 5.74) is 0.921. The summed E-state index contributed by atoms with van der Waals surface area (Å²) < 4.78 is 0. The molecule has 0 nitrogen and oxygen atoms in total. The summed E-state index contributed by atoms with van der Waals surface area (Å²) in [4.78, 5) is 0. The Morgan fingerprint density at radius 1 is 1.13 bits per heavy atom. The number of hydrogen-bond donors (Lipinski definition) is 0. The van der Waals surface area contributed by atoms with E-state index in [0.717, 1.165) is 12.3 Å². The van der Waals surface area contributed by atoms with Gasteiger partial charge in [-0.1, -0.05) is 60.5 Å². The Morgan fingerprint density at radius 2 is 1.60 bits per heavy atom. The summed E-state index contributed by atoms with van der Waals surface area (Å²) in [6.45, 7) is 18.0. The normalized spacial score (nSPS) is 13.3. The Kier molecular flexibility index (Phi) is 5.62. The van der Waals surface area contributed by atoms with Gasteiger partial charge < -0.3 is 0 Å². The van der Waals surface area contributed by atoms with Crippen molar-refractivity contribution in [1.82, 2.24) is 0 Å². The lowest BCUT2D eigenvalue weighted by molar-refractivity contribution is 0.106. The van der Waals surface area contributed by atoms with Crippen LogP contribution in [-0.2, 0) is 0 Å². The highest BCUT2D eigenvalue weighted by atomic mass is 14.4. The van der Waals surface area contributed by atoms with Crippen LogP contribution in [0.25, 0.3) is 0 Å². The van der Waals surface area contributed by atoms with Crippen LogP contribution in [0.5, 0.6) is 0 Å². The first-order valence-corrected chi connectivity index (χ1v) is 6.44. The molecule has 0 aromatic carbocycles. The van der Waals surface area contributed by atoms with E-state index >= 15 is 0 Å². The highest BCUT2D eigenvalue weighted by molar-refractivity contribution is 4.90. The molecule has 0 N–H and O–H groups in total. The fourth-order valence-corrected chi connectivity index (χ4v) is 2.34. The quantitative estimate of drug-likeness (QED) is 0.491. The third kappa shape index (κ3) is 4.01. The molecule has 15 heavy (non-hydrogen) atoms. The molecule has 0 rings (SSSR count). The van der Waals surface area contributed by atoms with Crippen molar-refractivity contribution < 1.29 is 0 Å². The van der Waals surface area contributed by atoms with Crippen LogP contribution in [0.4, 0.5) is 0 Å². The van der Waals surface area contributed by atoms with Gasteiger partial charge in [0.1, 0.15) is 0 Å². The largest absolute Gasteiger partial charge is 0.103 e. The van der Waals surface area contributed by atoms with Gasteiger partial charge in [-0.05, 0) is 29.6 Å². The fourth-order valence-electron chi connectivity index (χ4n) is 2.34. The Hall–Kier alpha value is -0.260. The second-order valence-electron chi connectivity index (χ2n) is 6.02. The maximum absolute atomic E-state index is 3.92. The maximum Gasteiger partial charge on any atom is -0.0263 e. The first kappa shape index (κ1) is 14.7. The highest BCUT2D eigenvalue weighted by Crippen LogP contribution is 2.45. The summed E-state index contributed by atoms with van der Waals surface area (Å²) in [6.07, 6.45) is 7.12. The van der Waals surface area contributed by atoms with Crippen LogP contribution in [0.2, 0.25) is 0 Å². The van der Waals surface area contributed by atoms with Gasteiger partial charge in [-0.25, -0.2) is 0 Å². The lowest BCUT2D eigenvalue weighted by Gasteiger charge is -2.41. The molecule has 0 amide bonds. The van der Waals surface area contributed by atoms with Crippen molar-refractivity contribution >= 4 is 0 Å². The van der Waals surface area contributed by atoms with Gasteiger partial charge in [0.05, 0.1) is 0 Å². The van der Waals surface area contributed by atoms with E-state index in [1.54, 1.807) is 0 Å². The molecular weight excluding hydrogens is 180 g/mol. The molecule has 90 valence electrons. The molecule has 0 unspecified atom stereocenters. The van der Waals surface area contributed by atoms with E-state index in [1.807, 2.05) is 0 Å². The van der Waals surface area contributed by atoms with Crippen LogP contribution in [0.3, 0.4) is 0 Å². The molecule has 0 heteroatoms. The zero-order valence-electron chi connectivity index (χ0n) is 11.7. The van der Waals surface area contributed by atoms with Crippen molar-refractivity contribution in [2.45, 2.75) is 67.2 Å². The third-order valence-corrected chi connectivity index (χ3v) is 4.47. The Labute approximate surface area is 97.2 Å². The van der Waals surface area contributed by atoms with Gasteiger partial charge in [0.2, 0.25) is 0 Å². The van der Waals surface area contributed by atoms with Crippen molar-refractivity contribution in [3.63, 3.8) is 0 Å². The second kappa shape index (κ2) is 5.72. The molecule has 0 aliphatic rings. The van der Waals surface area contributed by atoms with Crippen LogP contribution in [0.1, 0.15) is 67.2 Å². The van der Waals surface area contributed by atoms with E-state index in [1.165, 1.54) is 19.3 Å². The van der Waals surface area contributed by atoms with Gasteiger partial charge in [-0.2, -0.15) is 0 Å². The molecule has 0 aliphatic carbocycles. The molecular formula is C15H30. The first-order valence-electron chi connectivity index (χ1n) is 6.44. The molecule has 0 aromatic heterocycles. The van der Waals surface area contributed by atoms with E-state index in [4.69, 9.17) is 0 Å². The standard InChI is InChI=1S/C15H30/c1-8-11-15(9-2,10-3)12-14(6,7)13(4)5/h8,13H,1,9-12H2,2-7H3. The SMILES string of the molecule is C=CCC(CC)(CC)CC(C)(C)C(C)C. The number of allylic oxidation sites excluding steroid dienone is 1. The van der Waals surface area contributed by atoms with Gasteiger partial charge in [0.25, 0.3) is 0 Å². The van der Waals surface area contributed by atoms with Crippen LogP contribution < -0.4 is 0 Å². The number of hydrogen-bond acceptors (Lipinski definition) is 0. The van der Waals surface area contributed by atoms with Crippen molar-refractivity contribution in [2.24, 2.45) is 16.7 Å². The molecule has 0 atom stereocenters. The van der Waals surface area contributed by atoms with Gasteiger partial charge in [-0.15, -0.1) is 6.58 Å². The smallest absolute Gasteiger partial charge is 0.0263 e. The summed E-state index contributed by atoms with van der Waals surface area (Å²) in [7, 11) is 0. The molecule has 0 aromatic rings. The highest BCUT2D eigenvalue weighted by Gasteiger charge is 2.34. The lowest BCUT2D eigenvalue weighted by Crippen LogP contribution is -2.30. The molecule has 0 saturated carbocycles. The van der Waals surface area contributed by atoms with Crippen LogP contribution in [0, 0.1) is 16.7 Å². The minimum atomic E-state index is 0.440. The van der Waals surface area contributed by atoms with E-state index in [0.29, 0.717) is 10.8 Å². The molecule has 0 heterocycles. The molecule has 0 spiro atoms. The Morgan fingerprint density at radius 3 is 1.87 bits per heavy atom. The van der Waals surface area contributed by atoms with Crippen molar-refractivity contribution in [2.75, 3.05) is 0 Å². The molecule has 0 aliphatic heterocycles. The van der Waals surface area contributed by atoms with Gasteiger partial charge in [-0.3, -0.25) is 0 Å². The summed E-state index contributed by atoms with van der Waals surface area (Å²) in [5, 5.41) is 0. The van der Waals surface area contributed by atoms with E-state index < -0.39 is 0 Å². The lowest BCUT2D eigenvalue weighted by atomic mass is 9.64. The average molecular weight is 210 g/mol. The first-order chi connectivity index (χ1) is 6.83. The second-order valence-corrected chi connectivity index (χ2v) is 6.02. The van der Waals surface area contributed by atoms with Crippen LogP contribution in [-0.4, -0.2) is 0 Å². The predicted octanol–water partition coefficient (Wildman–Crippen LogP) is 5.44. The Balaban J connectivity index is 4.73. The number of rotatable bonds is 7. The monoisotopic (exact) mass is 210 g/mol. The van der Waals surface area contributed by atoms with Crippen LogP contribution >= 0.6 is 0 Å². The van der Waals surface area contributed by atoms with Crippen molar-refractivity contribution in [3.05, 3.63) is 12.7 Å². The minimum absolute atomic E-state index is 0.440. The molecule has 0 radical (unpaired) electrons. The maximum atomic E-state index is 3.92. The average Bonchev–Trinajstić information content (AvgIpc) is 2.16. The predicted molar refractivity (Wildman–Crippen MR) is 71.1 cm³/mol. The molecule has 0 bridgehead atoms. The van der Waals surface area contributed by atoms with Gasteiger partial charge in [0.15, 0.2) is 0 Å². The van der Waals surface area contributed by atoms with Gasteiger partial charge >= 0.3 is 0 Å². The summed E-state index contributed by atoms with van der Waals surface area (Å²) in [6, 6.07) is 0. The minimum Gasteiger partial charge on any atom is -0.103 e. The fraction of sp³-hybridized carbons (Fsp3) is 0.867. The van der Waals surface area contributed by atoms with E-state index in [-0.39, 0.29) is 0 Å². The zero-order valence-corrected chi connectivity index (χ0v) is 11.7. The molecule has 0 fully saturated rings. The van der Waals surface area contributed by atoms with Crippen molar-refractivity contribution in [1.29, 1.82) is 0 Å².